The second kappa shape index (κ2) is 6.71. The van der Waals surface area contributed by atoms with Crippen LogP contribution in [0.2, 0.25) is 0 Å². The summed E-state index contributed by atoms with van der Waals surface area (Å²) in [6.07, 6.45) is 2.26. The molecule has 0 aliphatic carbocycles. The molecule has 5 heteroatoms. The molecule has 23 heavy (non-hydrogen) atoms. The smallest absolute Gasteiger partial charge is 0.254 e. The van der Waals surface area contributed by atoms with Crippen LogP contribution in [0.4, 0.5) is 0 Å². The lowest BCUT2D eigenvalue weighted by atomic mass is 10.1. The Hall–Kier alpha value is -1.88. The van der Waals surface area contributed by atoms with E-state index in [1.165, 1.54) is 5.56 Å². The predicted octanol–water partition coefficient (Wildman–Crippen LogP) is 1.71. The standard InChI is InChI=1S/C18H24N2O3/c1-3-13-4-6-14(7-5-13)18(22)20-9-8-15-16(20)12-17(21)19(15)10-11-23-2/h4-7,15-16H,3,8-12H2,1-2H3/t15-,16+/m0/s1. The molecule has 1 aromatic rings. The van der Waals surface area contributed by atoms with Crippen molar-refractivity contribution in [3.63, 3.8) is 0 Å². The number of likely N-dealkylation sites (tertiary alicyclic amines) is 2. The molecule has 2 aliphatic heterocycles. The van der Waals surface area contributed by atoms with Gasteiger partial charge < -0.3 is 14.5 Å². The largest absolute Gasteiger partial charge is 0.383 e. The Bertz CT molecular complexity index is 584. The number of rotatable bonds is 5. The molecule has 0 unspecified atom stereocenters. The van der Waals surface area contributed by atoms with E-state index in [4.69, 9.17) is 4.74 Å². The first-order valence-corrected chi connectivity index (χ1v) is 8.34. The molecule has 1 aromatic carbocycles. The van der Waals surface area contributed by atoms with Crippen molar-refractivity contribution in [2.45, 2.75) is 38.3 Å². The van der Waals surface area contributed by atoms with Gasteiger partial charge in [-0.05, 0) is 30.5 Å². The Balaban J connectivity index is 1.72. The third-order valence-corrected chi connectivity index (χ3v) is 5.02. The minimum absolute atomic E-state index is 0.0118. The minimum atomic E-state index is 0.0118. The third-order valence-electron chi connectivity index (χ3n) is 5.02. The molecule has 2 heterocycles. The molecule has 3 rings (SSSR count). The zero-order valence-electron chi connectivity index (χ0n) is 13.8. The molecule has 0 aromatic heterocycles. The second-order valence-corrected chi connectivity index (χ2v) is 6.26. The van der Waals surface area contributed by atoms with Gasteiger partial charge in [-0.3, -0.25) is 9.59 Å². The number of carbonyl (C=O) groups excluding carboxylic acids is 2. The number of methoxy groups -OCH3 is 1. The number of aryl methyl sites for hydroxylation is 1. The van der Waals surface area contributed by atoms with Gasteiger partial charge in [-0.25, -0.2) is 0 Å². The van der Waals surface area contributed by atoms with E-state index in [1.807, 2.05) is 34.1 Å². The van der Waals surface area contributed by atoms with Crippen LogP contribution >= 0.6 is 0 Å². The van der Waals surface area contributed by atoms with Crippen molar-refractivity contribution in [1.29, 1.82) is 0 Å². The summed E-state index contributed by atoms with van der Waals surface area (Å²) in [6, 6.07) is 7.97. The quantitative estimate of drug-likeness (QED) is 0.831. The normalized spacial score (nSPS) is 23.5. The fourth-order valence-corrected chi connectivity index (χ4v) is 3.71. The van der Waals surface area contributed by atoms with Crippen molar-refractivity contribution in [1.82, 2.24) is 9.80 Å². The van der Waals surface area contributed by atoms with E-state index in [2.05, 4.69) is 6.92 Å². The van der Waals surface area contributed by atoms with Crippen molar-refractivity contribution >= 4 is 11.8 Å². The number of fused-ring (bicyclic) bond motifs is 1. The number of carbonyl (C=O) groups is 2. The molecular formula is C18H24N2O3. The molecule has 0 saturated carbocycles. The van der Waals surface area contributed by atoms with Gasteiger partial charge in [0.15, 0.2) is 0 Å². The first kappa shape index (κ1) is 16.0. The molecule has 0 spiro atoms. The summed E-state index contributed by atoms with van der Waals surface area (Å²) in [4.78, 5) is 28.8. The summed E-state index contributed by atoms with van der Waals surface area (Å²) in [6.45, 7) is 3.98. The average Bonchev–Trinajstić information content (AvgIpc) is 3.11. The Labute approximate surface area is 137 Å². The van der Waals surface area contributed by atoms with Crippen molar-refractivity contribution in [3.05, 3.63) is 35.4 Å². The monoisotopic (exact) mass is 316 g/mol. The third kappa shape index (κ3) is 2.98. The first-order valence-electron chi connectivity index (χ1n) is 8.34. The van der Waals surface area contributed by atoms with Crippen molar-refractivity contribution < 1.29 is 14.3 Å². The van der Waals surface area contributed by atoms with E-state index in [0.717, 1.165) is 19.4 Å². The van der Waals surface area contributed by atoms with Gasteiger partial charge in [-0.1, -0.05) is 19.1 Å². The van der Waals surface area contributed by atoms with Gasteiger partial charge in [0, 0.05) is 32.2 Å². The summed E-state index contributed by atoms with van der Waals surface area (Å²) in [5, 5.41) is 0. The van der Waals surface area contributed by atoms with Crippen molar-refractivity contribution in [3.8, 4) is 0 Å². The summed E-state index contributed by atoms with van der Waals surface area (Å²) in [5.41, 5.74) is 1.94. The molecule has 2 amide bonds. The maximum absolute atomic E-state index is 12.8. The molecule has 124 valence electrons. The van der Waals surface area contributed by atoms with E-state index in [-0.39, 0.29) is 23.9 Å². The Morgan fingerprint density at radius 2 is 2.00 bits per heavy atom. The van der Waals surface area contributed by atoms with Gasteiger partial charge in [-0.2, -0.15) is 0 Å². The van der Waals surface area contributed by atoms with Gasteiger partial charge >= 0.3 is 0 Å². The number of ether oxygens (including phenoxy) is 1. The second-order valence-electron chi connectivity index (χ2n) is 6.26. The number of hydrogen-bond acceptors (Lipinski definition) is 3. The fourth-order valence-electron chi connectivity index (χ4n) is 3.71. The van der Waals surface area contributed by atoms with E-state index < -0.39 is 0 Å². The van der Waals surface area contributed by atoms with Crippen LogP contribution in [0.3, 0.4) is 0 Å². The van der Waals surface area contributed by atoms with Gasteiger partial charge in [0.1, 0.15) is 0 Å². The number of benzene rings is 1. The lowest BCUT2D eigenvalue weighted by molar-refractivity contribution is -0.129. The van der Waals surface area contributed by atoms with E-state index in [1.54, 1.807) is 7.11 Å². The number of amides is 2. The van der Waals surface area contributed by atoms with E-state index >= 15 is 0 Å². The van der Waals surface area contributed by atoms with E-state index in [9.17, 15) is 9.59 Å². The Morgan fingerprint density at radius 1 is 1.26 bits per heavy atom. The lowest BCUT2D eigenvalue weighted by Crippen LogP contribution is -2.40. The van der Waals surface area contributed by atoms with Crippen molar-refractivity contribution in [2.24, 2.45) is 0 Å². The Morgan fingerprint density at radius 3 is 2.65 bits per heavy atom. The van der Waals surface area contributed by atoms with Gasteiger partial charge in [0.05, 0.1) is 18.7 Å². The molecule has 2 atom stereocenters. The van der Waals surface area contributed by atoms with Crippen LogP contribution in [-0.2, 0) is 16.0 Å². The zero-order valence-corrected chi connectivity index (χ0v) is 13.8. The summed E-state index contributed by atoms with van der Waals surface area (Å²) in [7, 11) is 1.64. The highest BCUT2D eigenvalue weighted by Crippen LogP contribution is 2.33. The Kier molecular flexibility index (Phi) is 4.66. The van der Waals surface area contributed by atoms with Crippen molar-refractivity contribution in [2.75, 3.05) is 26.8 Å². The maximum atomic E-state index is 12.8. The van der Waals surface area contributed by atoms with Crippen LogP contribution < -0.4 is 0 Å². The number of hydrogen-bond donors (Lipinski definition) is 0. The molecule has 5 nitrogen and oxygen atoms in total. The molecule has 0 radical (unpaired) electrons. The van der Waals surface area contributed by atoms with Crippen LogP contribution in [0.25, 0.3) is 0 Å². The topological polar surface area (TPSA) is 49.9 Å². The highest BCUT2D eigenvalue weighted by molar-refractivity contribution is 5.95. The summed E-state index contributed by atoms with van der Waals surface area (Å²) in [5.74, 6) is 0.178. The summed E-state index contributed by atoms with van der Waals surface area (Å²) < 4.78 is 5.09. The van der Waals surface area contributed by atoms with Gasteiger partial charge in [-0.15, -0.1) is 0 Å². The molecule has 0 N–H and O–H groups in total. The minimum Gasteiger partial charge on any atom is -0.383 e. The maximum Gasteiger partial charge on any atom is 0.254 e. The fraction of sp³-hybridized carbons (Fsp3) is 0.556. The predicted molar refractivity (Wildman–Crippen MR) is 87.3 cm³/mol. The van der Waals surface area contributed by atoms with Crippen LogP contribution in [0.5, 0.6) is 0 Å². The SMILES string of the molecule is CCc1ccc(C(=O)N2CC[C@H]3[C@H]2CC(=O)N3CCOC)cc1. The van der Waals surface area contributed by atoms with Crippen LogP contribution in [0.15, 0.2) is 24.3 Å². The van der Waals surface area contributed by atoms with Crippen LogP contribution in [-0.4, -0.2) is 60.5 Å². The molecule has 2 fully saturated rings. The lowest BCUT2D eigenvalue weighted by Gasteiger charge is -2.25. The van der Waals surface area contributed by atoms with Gasteiger partial charge in [0.2, 0.25) is 5.91 Å². The zero-order chi connectivity index (χ0) is 16.4. The average molecular weight is 316 g/mol. The highest BCUT2D eigenvalue weighted by atomic mass is 16.5. The molecular weight excluding hydrogens is 292 g/mol. The number of nitrogens with zero attached hydrogens (tertiary/aromatic N) is 2. The molecule has 2 saturated heterocycles. The first-order chi connectivity index (χ1) is 11.2. The highest BCUT2D eigenvalue weighted by Gasteiger charge is 2.48. The molecule has 2 aliphatic rings. The molecule has 0 bridgehead atoms. The van der Waals surface area contributed by atoms with E-state index in [0.29, 0.717) is 25.1 Å². The van der Waals surface area contributed by atoms with Gasteiger partial charge in [0.25, 0.3) is 5.91 Å². The van der Waals surface area contributed by atoms with Crippen LogP contribution in [0.1, 0.15) is 35.7 Å². The van der Waals surface area contributed by atoms with Crippen LogP contribution in [0, 0.1) is 0 Å². The summed E-state index contributed by atoms with van der Waals surface area (Å²) >= 11 is 0.